The third kappa shape index (κ3) is 4.18. The van der Waals surface area contributed by atoms with Crippen LogP contribution in [-0.4, -0.2) is 16.0 Å². The summed E-state index contributed by atoms with van der Waals surface area (Å²) >= 11 is 1.51. The average molecular weight is 340 g/mol. The molecule has 0 aliphatic carbocycles. The van der Waals surface area contributed by atoms with Crippen LogP contribution < -0.4 is 10.1 Å². The lowest BCUT2D eigenvalue weighted by Crippen LogP contribution is -2.20. The number of carbonyl (C=O) groups is 1. The van der Waals surface area contributed by atoms with E-state index in [-0.39, 0.29) is 0 Å². The predicted octanol–water partition coefficient (Wildman–Crippen LogP) is 3.39. The van der Waals surface area contributed by atoms with Crippen LogP contribution in [0.15, 0.2) is 65.5 Å². The smallest absolute Gasteiger partial charge is 0.257 e. The monoisotopic (exact) mass is 340 g/mol. The zero-order valence-corrected chi connectivity index (χ0v) is 13.6. The third-order valence-corrected chi connectivity index (χ3v) is 3.97. The van der Waals surface area contributed by atoms with Crippen molar-refractivity contribution in [2.75, 3.05) is 5.32 Å². The van der Waals surface area contributed by atoms with Crippen LogP contribution in [0, 0.1) is 0 Å². The highest BCUT2D eigenvalue weighted by atomic mass is 32.1. The molecule has 2 aromatic carbocycles. The Kier molecular flexibility index (Phi) is 5.20. The molecule has 1 aromatic heterocycles. The van der Waals surface area contributed by atoms with E-state index >= 15 is 0 Å². The maximum absolute atomic E-state index is 12.2. The van der Waals surface area contributed by atoms with E-state index in [9.17, 15) is 9.90 Å². The second-order valence-electron chi connectivity index (χ2n) is 5.10. The van der Waals surface area contributed by atoms with Crippen LogP contribution in [0.25, 0.3) is 0 Å². The predicted molar refractivity (Wildman–Crippen MR) is 92.9 cm³/mol. The molecular formula is C18H16N2O3S. The quantitative estimate of drug-likeness (QED) is 0.721. The molecule has 3 aromatic rings. The molecule has 122 valence electrons. The number of aliphatic hydroxyl groups is 1. The Hall–Kier alpha value is -2.70. The number of thiazole rings is 1. The summed E-state index contributed by atoms with van der Waals surface area (Å²) in [4.78, 5) is 16.3. The Morgan fingerprint density at radius 3 is 2.79 bits per heavy atom. The van der Waals surface area contributed by atoms with E-state index in [1.165, 1.54) is 11.3 Å². The number of hydrogen-bond donors (Lipinski definition) is 2. The zero-order chi connectivity index (χ0) is 16.8. The summed E-state index contributed by atoms with van der Waals surface area (Å²) in [6.07, 6.45) is -1.22. The lowest BCUT2D eigenvalue weighted by Gasteiger charge is -2.12. The van der Waals surface area contributed by atoms with Gasteiger partial charge < -0.3 is 15.2 Å². The van der Waals surface area contributed by atoms with Crippen molar-refractivity contribution >= 4 is 22.9 Å². The summed E-state index contributed by atoms with van der Waals surface area (Å²) in [5, 5.41) is 14.7. The van der Waals surface area contributed by atoms with E-state index in [0.29, 0.717) is 23.6 Å². The fourth-order valence-corrected chi connectivity index (χ4v) is 2.67. The van der Waals surface area contributed by atoms with Gasteiger partial charge in [-0.1, -0.05) is 36.4 Å². The van der Waals surface area contributed by atoms with Gasteiger partial charge in [-0.05, 0) is 17.7 Å². The van der Waals surface area contributed by atoms with E-state index in [4.69, 9.17) is 4.74 Å². The van der Waals surface area contributed by atoms with E-state index < -0.39 is 12.0 Å². The maximum atomic E-state index is 12.2. The van der Waals surface area contributed by atoms with Crippen LogP contribution in [0.5, 0.6) is 5.75 Å². The summed E-state index contributed by atoms with van der Waals surface area (Å²) in [5.74, 6) is 0.132. The maximum Gasteiger partial charge on any atom is 0.257 e. The van der Waals surface area contributed by atoms with Crippen molar-refractivity contribution in [1.29, 1.82) is 0 Å². The van der Waals surface area contributed by atoms with Gasteiger partial charge in [-0.25, -0.2) is 4.98 Å². The van der Waals surface area contributed by atoms with Crippen molar-refractivity contribution in [2.45, 2.75) is 12.7 Å². The normalized spacial score (nSPS) is 11.7. The van der Waals surface area contributed by atoms with Gasteiger partial charge in [0.25, 0.3) is 5.91 Å². The first-order valence-electron chi connectivity index (χ1n) is 7.36. The van der Waals surface area contributed by atoms with Crippen LogP contribution in [0.2, 0.25) is 0 Å². The standard InChI is InChI=1S/C18H16N2O3S/c21-17(13-5-2-1-3-6-13)18(22)20-14-7-4-8-16(9-14)23-10-15-11-24-12-19-15/h1-9,11-12,17,21H,10H2,(H,20,22). The summed E-state index contributed by atoms with van der Waals surface area (Å²) in [5.41, 5.74) is 3.71. The zero-order valence-electron chi connectivity index (χ0n) is 12.8. The Morgan fingerprint density at radius 2 is 2.04 bits per heavy atom. The number of benzene rings is 2. The second kappa shape index (κ2) is 7.72. The molecule has 1 amide bonds. The summed E-state index contributed by atoms with van der Waals surface area (Å²) in [6, 6.07) is 15.8. The van der Waals surface area contributed by atoms with Gasteiger partial charge in [0.15, 0.2) is 6.10 Å². The van der Waals surface area contributed by atoms with Crippen molar-refractivity contribution < 1.29 is 14.6 Å². The molecule has 0 saturated carbocycles. The number of anilines is 1. The Bertz CT molecular complexity index is 791. The van der Waals surface area contributed by atoms with Crippen molar-refractivity contribution in [2.24, 2.45) is 0 Å². The molecule has 0 fully saturated rings. The molecule has 6 heteroatoms. The molecule has 5 nitrogen and oxygen atoms in total. The van der Waals surface area contributed by atoms with E-state index in [1.54, 1.807) is 54.0 Å². The van der Waals surface area contributed by atoms with Crippen LogP contribution in [0.1, 0.15) is 17.4 Å². The lowest BCUT2D eigenvalue weighted by molar-refractivity contribution is -0.124. The van der Waals surface area contributed by atoms with Crippen molar-refractivity contribution in [3.8, 4) is 5.75 Å². The van der Waals surface area contributed by atoms with Crippen LogP contribution in [0.4, 0.5) is 5.69 Å². The molecule has 2 N–H and O–H groups in total. The molecule has 1 unspecified atom stereocenters. The van der Waals surface area contributed by atoms with Gasteiger partial charge in [-0.15, -0.1) is 11.3 Å². The number of amides is 1. The molecule has 0 aliphatic rings. The number of rotatable bonds is 6. The summed E-state index contributed by atoms with van der Waals surface area (Å²) in [6.45, 7) is 0.369. The third-order valence-electron chi connectivity index (χ3n) is 3.34. The van der Waals surface area contributed by atoms with Crippen molar-refractivity contribution in [1.82, 2.24) is 4.98 Å². The first kappa shape index (κ1) is 16.2. The Labute approximate surface area is 143 Å². The van der Waals surface area contributed by atoms with Gasteiger partial charge in [-0.2, -0.15) is 0 Å². The number of aromatic nitrogens is 1. The minimum absolute atomic E-state index is 0.369. The largest absolute Gasteiger partial charge is 0.487 e. The molecule has 0 spiro atoms. The molecule has 0 saturated heterocycles. The van der Waals surface area contributed by atoms with Gasteiger partial charge >= 0.3 is 0 Å². The number of carbonyl (C=O) groups excluding carboxylic acids is 1. The fourth-order valence-electron chi connectivity index (χ4n) is 2.13. The Morgan fingerprint density at radius 1 is 1.21 bits per heavy atom. The van der Waals surface area contributed by atoms with Gasteiger partial charge in [0.05, 0.1) is 11.2 Å². The van der Waals surface area contributed by atoms with Gasteiger partial charge in [0.1, 0.15) is 12.4 Å². The number of ether oxygens (including phenoxy) is 1. The van der Waals surface area contributed by atoms with Crippen molar-refractivity contribution in [3.05, 3.63) is 76.7 Å². The van der Waals surface area contributed by atoms with E-state index in [1.807, 2.05) is 11.4 Å². The molecule has 24 heavy (non-hydrogen) atoms. The van der Waals surface area contributed by atoms with E-state index in [2.05, 4.69) is 10.3 Å². The average Bonchev–Trinajstić information content (AvgIpc) is 3.14. The SMILES string of the molecule is O=C(Nc1cccc(OCc2cscn2)c1)C(O)c1ccccc1. The molecule has 0 aliphatic heterocycles. The fraction of sp³-hybridized carbons (Fsp3) is 0.111. The first-order valence-corrected chi connectivity index (χ1v) is 8.30. The highest BCUT2D eigenvalue weighted by Gasteiger charge is 2.17. The molecule has 0 bridgehead atoms. The number of aliphatic hydroxyl groups excluding tert-OH is 1. The minimum atomic E-state index is -1.22. The summed E-state index contributed by atoms with van der Waals surface area (Å²) < 4.78 is 5.65. The first-order chi connectivity index (χ1) is 11.7. The van der Waals surface area contributed by atoms with Gasteiger partial charge in [0, 0.05) is 17.1 Å². The van der Waals surface area contributed by atoms with Crippen LogP contribution in [-0.2, 0) is 11.4 Å². The molecule has 1 heterocycles. The number of nitrogens with one attached hydrogen (secondary N) is 1. The van der Waals surface area contributed by atoms with E-state index in [0.717, 1.165) is 5.69 Å². The molecular weight excluding hydrogens is 324 g/mol. The van der Waals surface area contributed by atoms with Crippen LogP contribution in [0.3, 0.4) is 0 Å². The second-order valence-corrected chi connectivity index (χ2v) is 5.82. The molecule has 1 atom stereocenters. The van der Waals surface area contributed by atoms with Crippen LogP contribution >= 0.6 is 11.3 Å². The topological polar surface area (TPSA) is 71.5 Å². The molecule has 3 rings (SSSR count). The van der Waals surface area contributed by atoms with Gasteiger partial charge in [0.2, 0.25) is 0 Å². The molecule has 0 radical (unpaired) electrons. The Balaban J connectivity index is 1.62. The highest BCUT2D eigenvalue weighted by molar-refractivity contribution is 7.07. The van der Waals surface area contributed by atoms with Gasteiger partial charge in [-0.3, -0.25) is 4.79 Å². The number of hydrogen-bond acceptors (Lipinski definition) is 5. The summed E-state index contributed by atoms with van der Waals surface area (Å²) in [7, 11) is 0. The number of nitrogens with zero attached hydrogens (tertiary/aromatic N) is 1. The minimum Gasteiger partial charge on any atom is -0.487 e. The highest BCUT2D eigenvalue weighted by Crippen LogP contribution is 2.21. The lowest BCUT2D eigenvalue weighted by atomic mass is 10.1. The van der Waals surface area contributed by atoms with Crippen molar-refractivity contribution in [3.63, 3.8) is 0 Å².